The number of halogens is 1. The lowest BCUT2D eigenvalue weighted by Crippen LogP contribution is -2.29. The summed E-state index contributed by atoms with van der Waals surface area (Å²) < 4.78 is 16.9. The highest BCUT2D eigenvalue weighted by Gasteiger charge is 2.48. The third-order valence-corrected chi connectivity index (χ3v) is 6.83. The Labute approximate surface area is 211 Å². The Balaban J connectivity index is 1.98. The summed E-state index contributed by atoms with van der Waals surface area (Å²) in [6.45, 7) is 1.93. The summed E-state index contributed by atoms with van der Waals surface area (Å²) in [5.74, 6) is -0.275. The van der Waals surface area contributed by atoms with Crippen LogP contribution in [0.5, 0.6) is 17.2 Å². The van der Waals surface area contributed by atoms with E-state index in [0.717, 1.165) is 10.0 Å². The lowest BCUT2D eigenvalue weighted by Gasteiger charge is -2.27. The van der Waals surface area contributed by atoms with Crippen molar-refractivity contribution in [3.63, 3.8) is 0 Å². The van der Waals surface area contributed by atoms with Crippen LogP contribution < -0.4 is 19.1 Å². The van der Waals surface area contributed by atoms with Gasteiger partial charge in [0.2, 0.25) is 0 Å². The minimum absolute atomic E-state index is 0.0414. The van der Waals surface area contributed by atoms with E-state index in [0.29, 0.717) is 34.1 Å². The van der Waals surface area contributed by atoms with Gasteiger partial charge in [0, 0.05) is 27.4 Å². The van der Waals surface area contributed by atoms with Crippen molar-refractivity contribution in [2.24, 2.45) is 0 Å². The smallest absolute Gasteiger partial charge is 0.300 e. The number of ether oxygens (including phenoxy) is 3. The molecule has 3 aromatic rings. The zero-order valence-electron chi connectivity index (χ0n) is 19.7. The maximum Gasteiger partial charge on any atom is 0.300 e. The lowest BCUT2D eigenvalue weighted by atomic mass is 9.94. The molecule has 0 bridgehead atoms. The Bertz CT molecular complexity index is 1330. The molecule has 35 heavy (non-hydrogen) atoms. The van der Waals surface area contributed by atoms with E-state index in [1.165, 1.54) is 26.2 Å². The number of aliphatic hydroxyl groups excluding tert-OH is 1. The van der Waals surface area contributed by atoms with E-state index in [1.807, 2.05) is 13.0 Å². The summed E-state index contributed by atoms with van der Waals surface area (Å²) in [6.07, 6.45) is 0. The number of carbonyl (C=O) groups is 2. The Morgan fingerprint density at radius 2 is 1.54 bits per heavy atom. The summed E-state index contributed by atoms with van der Waals surface area (Å²) in [6, 6.07) is 16.2. The van der Waals surface area contributed by atoms with Crippen LogP contribution in [-0.4, -0.2) is 38.1 Å². The van der Waals surface area contributed by atoms with Crippen molar-refractivity contribution in [1.29, 1.82) is 0 Å². The number of amides is 1. The van der Waals surface area contributed by atoms with E-state index in [2.05, 4.69) is 15.9 Å². The highest BCUT2D eigenvalue weighted by Crippen LogP contribution is 2.46. The molecule has 4 rings (SSSR count). The Hall–Kier alpha value is -3.78. The molecule has 1 N–H and O–H groups in total. The lowest BCUT2D eigenvalue weighted by molar-refractivity contribution is -0.132. The van der Waals surface area contributed by atoms with Crippen molar-refractivity contribution < 1.29 is 28.9 Å². The normalized spacial score (nSPS) is 16.9. The van der Waals surface area contributed by atoms with Gasteiger partial charge in [-0.1, -0.05) is 22.0 Å². The molecule has 0 aromatic heterocycles. The quantitative estimate of drug-likeness (QED) is 0.257. The maximum atomic E-state index is 13.4. The van der Waals surface area contributed by atoms with Gasteiger partial charge in [-0.15, -0.1) is 0 Å². The van der Waals surface area contributed by atoms with E-state index in [9.17, 15) is 14.7 Å². The zero-order valence-corrected chi connectivity index (χ0v) is 21.3. The first-order valence-corrected chi connectivity index (χ1v) is 11.5. The second kappa shape index (κ2) is 9.84. The number of benzene rings is 3. The Kier molecular flexibility index (Phi) is 6.84. The first kappa shape index (κ1) is 24.3. The highest BCUT2D eigenvalue weighted by molar-refractivity contribution is 9.10. The SMILES string of the molecule is COc1ccc(/C(O)=C2\C(=O)C(=O)N(c3ccc(C)c(Br)c3)C2c2ccc(OC)cc2OC)cc1. The third-order valence-electron chi connectivity index (χ3n) is 5.98. The molecule has 1 aliphatic heterocycles. The molecule has 0 saturated carbocycles. The van der Waals surface area contributed by atoms with E-state index in [1.54, 1.807) is 54.6 Å². The largest absolute Gasteiger partial charge is 0.507 e. The summed E-state index contributed by atoms with van der Waals surface area (Å²) in [7, 11) is 4.57. The number of carbonyl (C=O) groups excluding carboxylic acids is 2. The highest BCUT2D eigenvalue weighted by atomic mass is 79.9. The molecule has 3 aromatic carbocycles. The molecular weight excluding hydrogens is 514 g/mol. The molecule has 1 fully saturated rings. The van der Waals surface area contributed by atoms with Gasteiger partial charge in [-0.25, -0.2) is 0 Å². The fourth-order valence-corrected chi connectivity index (χ4v) is 4.44. The summed E-state index contributed by atoms with van der Waals surface area (Å²) in [5.41, 5.74) is 2.34. The van der Waals surface area contributed by atoms with Gasteiger partial charge in [0.05, 0.1) is 32.9 Å². The number of hydrogen-bond donors (Lipinski definition) is 1. The van der Waals surface area contributed by atoms with Crippen LogP contribution in [-0.2, 0) is 9.59 Å². The third kappa shape index (κ3) is 4.37. The van der Waals surface area contributed by atoms with Gasteiger partial charge in [-0.3, -0.25) is 14.5 Å². The van der Waals surface area contributed by atoms with Gasteiger partial charge in [-0.05, 0) is 61.0 Å². The summed E-state index contributed by atoms with van der Waals surface area (Å²) in [5, 5.41) is 11.3. The molecule has 1 saturated heterocycles. The number of methoxy groups -OCH3 is 3. The molecular formula is C27H24BrNO6. The van der Waals surface area contributed by atoms with Gasteiger partial charge in [0.15, 0.2) is 0 Å². The van der Waals surface area contributed by atoms with Crippen molar-refractivity contribution in [3.05, 3.63) is 87.4 Å². The van der Waals surface area contributed by atoms with E-state index >= 15 is 0 Å². The van der Waals surface area contributed by atoms with E-state index in [-0.39, 0.29) is 11.3 Å². The number of rotatable bonds is 6. The molecule has 7 nitrogen and oxygen atoms in total. The number of nitrogens with zero attached hydrogens (tertiary/aromatic N) is 1. The molecule has 180 valence electrons. The number of anilines is 1. The van der Waals surface area contributed by atoms with E-state index < -0.39 is 17.7 Å². The van der Waals surface area contributed by atoms with Crippen LogP contribution in [0, 0.1) is 6.92 Å². The van der Waals surface area contributed by atoms with Crippen LogP contribution in [0.15, 0.2) is 70.7 Å². The predicted octanol–water partition coefficient (Wildman–Crippen LogP) is 5.41. The molecule has 0 radical (unpaired) electrons. The van der Waals surface area contributed by atoms with Crippen LogP contribution in [0.4, 0.5) is 5.69 Å². The standard InChI is InChI=1S/C27H24BrNO6/c1-15-5-8-17(13-21(15)28)29-24(20-12-11-19(34-3)14-22(20)35-4)23(26(31)27(29)32)25(30)16-6-9-18(33-2)10-7-16/h5-14,24,30H,1-4H3/b25-23+. The van der Waals surface area contributed by atoms with Crippen LogP contribution >= 0.6 is 15.9 Å². The van der Waals surface area contributed by atoms with Crippen LogP contribution in [0.2, 0.25) is 0 Å². The molecule has 8 heteroatoms. The summed E-state index contributed by atoms with van der Waals surface area (Å²) >= 11 is 3.51. The average Bonchev–Trinajstić information content (AvgIpc) is 3.14. The zero-order chi connectivity index (χ0) is 25.3. The molecule has 0 spiro atoms. The maximum absolute atomic E-state index is 13.4. The molecule has 1 aliphatic rings. The van der Waals surface area contributed by atoms with Gasteiger partial charge >= 0.3 is 0 Å². The van der Waals surface area contributed by atoms with Gasteiger partial charge < -0.3 is 19.3 Å². The van der Waals surface area contributed by atoms with Gasteiger partial charge in [0.1, 0.15) is 23.0 Å². The monoisotopic (exact) mass is 537 g/mol. The first-order chi connectivity index (χ1) is 16.8. The van der Waals surface area contributed by atoms with Crippen molar-refractivity contribution in [1.82, 2.24) is 0 Å². The summed E-state index contributed by atoms with van der Waals surface area (Å²) in [4.78, 5) is 28.1. The minimum atomic E-state index is -0.937. The van der Waals surface area contributed by atoms with Gasteiger partial charge in [-0.2, -0.15) is 0 Å². The van der Waals surface area contributed by atoms with Crippen LogP contribution in [0.1, 0.15) is 22.7 Å². The number of aryl methyl sites for hydroxylation is 1. The predicted molar refractivity (Wildman–Crippen MR) is 136 cm³/mol. The fraction of sp³-hybridized carbons (Fsp3) is 0.185. The number of hydrogen-bond acceptors (Lipinski definition) is 6. The first-order valence-electron chi connectivity index (χ1n) is 10.7. The van der Waals surface area contributed by atoms with Crippen LogP contribution in [0.3, 0.4) is 0 Å². The molecule has 0 aliphatic carbocycles. The average molecular weight is 538 g/mol. The van der Waals surface area contributed by atoms with Gasteiger partial charge in [0.25, 0.3) is 11.7 Å². The van der Waals surface area contributed by atoms with Crippen molar-refractivity contribution in [3.8, 4) is 17.2 Å². The van der Waals surface area contributed by atoms with Crippen molar-refractivity contribution in [2.45, 2.75) is 13.0 Å². The number of aliphatic hydroxyl groups is 1. The van der Waals surface area contributed by atoms with Crippen molar-refractivity contribution in [2.75, 3.05) is 26.2 Å². The molecule has 1 heterocycles. The Morgan fingerprint density at radius 3 is 2.14 bits per heavy atom. The molecule has 1 atom stereocenters. The van der Waals surface area contributed by atoms with E-state index in [4.69, 9.17) is 14.2 Å². The van der Waals surface area contributed by atoms with Crippen LogP contribution in [0.25, 0.3) is 5.76 Å². The number of Topliss-reactive ketones (excluding diaryl/α,β-unsaturated/α-hetero) is 1. The molecule has 1 amide bonds. The topological polar surface area (TPSA) is 85.3 Å². The fourth-order valence-electron chi connectivity index (χ4n) is 4.07. The number of ketones is 1. The van der Waals surface area contributed by atoms with Crippen molar-refractivity contribution >= 4 is 39.1 Å². The second-order valence-corrected chi connectivity index (χ2v) is 8.79. The second-order valence-electron chi connectivity index (χ2n) is 7.94. The minimum Gasteiger partial charge on any atom is -0.507 e. The molecule has 1 unspecified atom stereocenters. The Morgan fingerprint density at radius 1 is 0.886 bits per heavy atom.